The molecule has 22 heavy (non-hydrogen) atoms. The summed E-state index contributed by atoms with van der Waals surface area (Å²) in [5, 5.41) is 3.49. The minimum atomic E-state index is -0.195. The highest BCUT2D eigenvalue weighted by molar-refractivity contribution is 5.72. The third-order valence-corrected chi connectivity index (χ3v) is 4.31. The van der Waals surface area contributed by atoms with Crippen LogP contribution in [0.3, 0.4) is 0 Å². The number of benzene rings is 2. The Morgan fingerprint density at radius 1 is 1.14 bits per heavy atom. The van der Waals surface area contributed by atoms with E-state index in [-0.39, 0.29) is 17.9 Å². The second kappa shape index (κ2) is 6.06. The highest BCUT2D eigenvalue weighted by atomic mass is 16.5. The van der Waals surface area contributed by atoms with Crippen LogP contribution in [0.4, 0.5) is 5.69 Å². The van der Waals surface area contributed by atoms with Crippen LogP contribution >= 0.6 is 0 Å². The molecule has 0 fully saturated rings. The number of carbonyl (C=O) groups is 1. The Morgan fingerprint density at radius 3 is 2.55 bits per heavy atom. The molecule has 0 radical (unpaired) electrons. The van der Waals surface area contributed by atoms with E-state index in [1.807, 2.05) is 54.6 Å². The van der Waals surface area contributed by atoms with Crippen LogP contribution in [0.5, 0.6) is 5.75 Å². The van der Waals surface area contributed by atoms with Gasteiger partial charge in [-0.25, -0.2) is 0 Å². The van der Waals surface area contributed by atoms with Gasteiger partial charge in [-0.3, -0.25) is 0 Å². The van der Waals surface area contributed by atoms with Crippen molar-refractivity contribution in [2.75, 3.05) is 12.4 Å². The molecular weight excluding hydrogens is 274 g/mol. The number of anilines is 1. The molecule has 0 amide bonds. The summed E-state index contributed by atoms with van der Waals surface area (Å²) < 4.78 is 5.47. The monoisotopic (exact) mass is 293 g/mol. The third-order valence-electron chi connectivity index (χ3n) is 4.31. The van der Waals surface area contributed by atoms with Gasteiger partial charge in [-0.05, 0) is 17.2 Å². The Labute approximate surface area is 130 Å². The quantitative estimate of drug-likeness (QED) is 0.685. The van der Waals surface area contributed by atoms with Gasteiger partial charge in [0.25, 0.3) is 0 Å². The Morgan fingerprint density at radius 2 is 1.91 bits per heavy atom. The Kier molecular flexibility index (Phi) is 3.96. The summed E-state index contributed by atoms with van der Waals surface area (Å²) in [4.78, 5) is 11.8. The lowest BCUT2D eigenvalue weighted by Gasteiger charge is -2.37. The molecule has 2 aromatic carbocycles. The Balaban J connectivity index is 2.14. The number of ether oxygens (including phenoxy) is 1. The van der Waals surface area contributed by atoms with Crippen molar-refractivity contribution < 1.29 is 9.53 Å². The second-order valence-electron chi connectivity index (χ2n) is 5.43. The summed E-state index contributed by atoms with van der Waals surface area (Å²) in [6.07, 6.45) is 2.88. The maximum Gasteiger partial charge on any atom is 0.142 e. The molecular formula is C19H19NO2. The van der Waals surface area contributed by atoms with E-state index in [1.165, 1.54) is 0 Å². The standard InChI is InChI=1S/C19H19NO2/c1-3-14-15-10-7-11-17(22-2)19(15)20-18(16(14)12-21)13-8-5-4-6-9-13/h3-12,14,16,18,20H,1H2,2H3/t14-,16+,18-/m1/s1. The molecule has 0 saturated heterocycles. The third kappa shape index (κ3) is 2.29. The van der Waals surface area contributed by atoms with Crippen molar-refractivity contribution in [1.29, 1.82) is 0 Å². The van der Waals surface area contributed by atoms with Crippen LogP contribution in [0.2, 0.25) is 0 Å². The van der Waals surface area contributed by atoms with Crippen molar-refractivity contribution in [1.82, 2.24) is 0 Å². The van der Waals surface area contributed by atoms with Crippen LogP contribution in [-0.4, -0.2) is 13.4 Å². The van der Waals surface area contributed by atoms with Gasteiger partial charge in [0.1, 0.15) is 12.0 Å². The predicted octanol–water partition coefficient (Wildman–Crippen LogP) is 3.95. The summed E-state index contributed by atoms with van der Waals surface area (Å²) in [5.41, 5.74) is 3.09. The number of carbonyl (C=O) groups excluding carboxylic acids is 1. The maximum absolute atomic E-state index is 11.8. The molecule has 3 rings (SSSR count). The van der Waals surface area contributed by atoms with Crippen LogP contribution < -0.4 is 10.1 Å². The minimum Gasteiger partial charge on any atom is -0.495 e. The fourth-order valence-electron chi connectivity index (χ4n) is 3.23. The molecule has 112 valence electrons. The number of fused-ring (bicyclic) bond motifs is 1. The number of aldehydes is 1. The highest BCUT2D eigenvalue weighted by Crippen LogP contribution is 2.47. The number of para-hydroxylation sites is 1. The van der Waals surface area contributed by atoms with Gasteiger partial charge in [0.15, 0.2) is 0 Å². The van der Waals surface area contributed by atoms with Gasteiger partial charge in [-0.1, -0.05) is 48.5 Å². The number of nitrogens with one attached hydrogen (secondary N) is 1. The SMILES string of the molecule is C=C[C@@H]1c2cccc(OC)c2N[C@H](c2ccccc2)[C@H]1C=O. The molecule has 2 aromatic rings. The normalized spacial score (nSPS) is 23.0. The molecule has 0 unspecified atom stereocenters. The predicted molar refractivity (Wildman–Crippen MR) is 88.3 cm³/mol. The van der Waals surface area contributed by atoms with E-state index >= 15 is 0 Å². The molecule has 1 aliphatic heterocycles. The molecule has 0 saturated carbocycles. The van der Waals surface area contributed by atoms with Gasteiger partial charge < -0.3 is 14.8 Å². The summed E-state index contributed by atoms with van der Waals surface area (Å²) in [6.45, 7) is 3.94. The van der Waals surface area contributed by atoms with Crippen LogP contribution in [0.1, 0.15) is 23.1 Å². The summed E-state index contributed by atoms with van der Waals surface area (Å²) in [5.74, 6) is 0.559. The van der Waals surface area contributed by atoms with Gasteiger partial charge in [-0.2, -0.15) is 0 Å². The zero-order chi connectivity index (χ0) is 15.5. The Hall–Kier alpha value is -2.55. The number of rotatable bonds is 4. The van der Waals surface area contributed by atoms with E-state index in [0.29, 0.717) is 0 Å². The first-order chi connectivity index (χ1) is 10.8. The highest BCUT2D eigenvalue weighted by Gasteiger charge is 2.36. The number of hydrogen-bond acceptors (Lipinski definition) is 3. The zero-order valence-electron chi connectivity index (χ0n) is 12.5. The van der Waals surface area contributed by atoms with Crippen molar-refractivity contribution in [2.24, 2.45) is 5.92 Å². The average molecular weight is 293 g/mol. The van der Waals surface area contributed by atoms with Crippen LogP contribution in [-0.2, 0) is 4.79 Å². The topological polar surface area (TPSA) is 38.3 Å². The molecule has 3 nitrogen and oxygen atoms in total. The average Bonchev–Trinajstić information content (AvgIpc) is 2.60. The number of allylic oxidation sites excluding steroid dienone is 1. The van der Waals surface area contributed by atoms with Crippen LogP contribution in [0, 0.1) is 5.92 Å². The fraction of sp³-hybridized carbons (Fsp3) is 0.211. The summed E-state index contributed by atoms with van der Waals surface area (Å²) >= 11 is 0. The van der Waals surface area contributed by atoms with Gasteiger partial charge in [0, 0.05) is 11.8 Å². The van der Waals surface area contributed by atoms with E-state index in [2.05, 4.69) is 11.9 Å². The van der Waals surface area contributed by atoms with Crippen molar-refractivity contribution in [3.63, 3.8) is 0 Å². The molecule has 1 aliphatic rings. The molecule has 3 atom stereocenters. The van der Waals surface area contributed by atoms with Gasteiger partial charge >= 0.3 is 0 Å². The first-order valence-electron chi connectivity index (χ1n) is 7.36. The minimum absolute atomic E-state index is 0.0333. The van der Waals surface area contributed by atoms with Gasteiger partial charge in [0.05, 0.1) is 18.8 Å². The zero-order valence-corrected chi connectivity index (χ0v) is 12.5. The lowest BCUT2D eigenvalue weighted by molar-refractivity contribution is -0.112. The number of hydrogen-bond donors (Lipinski definition) is 1. The van der Waals surface area contributed by atoms with Crippen molar-refractivity contribution >= 4 is 12.0 Å². The molecule has 0 bridgehead atoms. The smallest absolute Gasteiger partial charge is 0.142 e. The lowest BCUT2D eigenvalue weighted by Crippen LogP contribution is -2.32. The molecule has 0 spiro atoms. The molecule has 1 N–H and O–H groups in total. The lowest BCUT2D eigenvalue weighted by atomic mass is 9.76. The van der Waals surface area contributed by atoms with Gasteiger partial charge in [-0.15, -0.1) is 6.58 Å². The van der Waals surface area contributed by atoms with Crippen LogP contribution in [0.25, 0.3) is 0 Å². The number of methoxy groups -OCH3 is 1. The molecule has 3 heteroatoms. The first kappa shape index (κ1) is 14.4. The van der Waals surface area contributed by atoms with E-state index < -0.39 is 0 Å². The summed E-state index contributed by atoms with van der Waals surface area (Å²) in [7, 11) is 1.66. The van der Waals surface area contributed by atoms with Crippen LogP contribution in [0.15, 0.2) is 61.2 Å². The maximum atomic E-state index is 11.8. The molecule has 1 heterocycles. The molecule has 0 aliphatic carbocycles. The largest absolute Gasteiger partial charge is 0.495 e. The van der Waals surface area contributed by atoms with Crippen molar-refractivity contribution in [3.05, 3.63) is 72.3 Å². The van der Waals surface area contributed by atoms with E-state index in [9.17, 15) is 4.79 Å². The first-order valence-corrected chi connectivity index (χ1v) is 7.36. The van der Waals surface area contributed by atoms with E-state index in [1.54, 1.807) is 7.11 Å². The van der Waals surface area contributed by atoms with Crippen molar-refractivity contribution in [3.8, 4) is 5.75 Å². The fourth-order valence-corrected chi connectivity index (χ4v) is 3.23. The van der Waals surface area contributed by atoms with Crippen molar-refractivity contribution in [2.45, 2.75) is 12.0 Å². The second-order valence-corrected chi connectivity index (χ2v) is 5.43. The summed E-state index contributed by atoms with van der Waals surface area (Å²) in [6, 6.07) is 15.8. The van der Waals surface area contributed by atoms with Gasteiger partial charge in [0.2, 0.25) is 0 Å². The van der Waals surface area contributed by atoms with E-state index in [0.717, 1.165) is 28.8 Å². The Bertz CT molecular complexity index is 681. The molecule has 0 aromatic heterocycles. The van der Waals surface area contributed by atoms with E-state index in [4.69, 9.17) is 4.74 Å².